The van der Waals surface area contributed by atoms with E-state index in [1.807, 2.05) is 0 Å². The number of rotatable bonds is 3. The monoisotopic (exact) mass is 295 g/mol. The molecule has 0 aliphatic carbocycles. The van der Waals surface area contributed by atoms with Crippen LogP contribution >= 0.6 is 0 Å². The van der Waals surface area contributed by atoms with Crippen LogP contribution < -0.4 is 16.6 Å². The number of hydrogen-bond acceptors (Lipinski definition) is 5. The first-order valence-corrected chi connectivity index (χ1v) is 6.50. The topological polar surface area (TPSA) is 114 Å². The molecule has 0 spiro atoms. The number of hydrogen-bond donors (Lipinski definition) is 4. The van der Waals surface area contributed by atoms with Crippen molar-refractivity contribution < 1.29 is 19.4 Å². The first-order valence-electron chi connectivity index (χ1n) is 6.50. The average Bonchev–Trinajstić information content (AvgIpc) is 2.36. The largest absolute Gasteiger partial charge is 0.508 e. The van der Waals surface area contributed by atoms with Crippen LogP contribution in [0.15, 0.2) is 24.3 Å². The Labute approximate surface area is 123 Å². The van der Waals surface area contributed by atoms with Crippen LogP contribution in [-0.4, -0.2) is 28.7 Å². The number of carbonyl (C=O) groups is 2. The molecule has 7 heteroatoms. The molecular weight excluding hydrogens is 274 g/mol. The predicted molar refractivity (Wildman–Crippen MR) is 77.3 cm³/mol. The van der Waals surface area contributed by atoms with Gasteiger partial charge in [-0.1, -0.05) is 12.1 Å². The average molecular weight is 295 g/mol. The number of amides is 2. The third-order valence-electron chi connectivity index (χ3n) is 2.42. The second-order valence-corrected chi connectivity index (χ2v) is 5.59. The summed E-state index contributed by atoms with van der Waals surface area (Å²) in [6, 6.07) is 5.54. The summed E-state index contributed by atoms with van der Waals surface area (Å²) >= 11 is 0. The smallest absolute Gasteiger partial charge is 0.426 e. The van der Waals surface area contributed by atoms with Gasteiger partial charge in [-0.15, -0.1) is 0 Å². The predicted octanol–water partition coefficient (Wildman–Crippen LogP) is 0.818. The molecule has 7 nitrogen and oxygen atoms in total. The summed E-state index contributed by atoms with van der Waals surface area (Å²) in [5, 5.41) is 9.17. The summed E-state index contributed by atoms with van der Waals surface area (Å²) in [5.74, 6) is -0.391. The highest BCUT2D eigenvalue weighted by atomic mass is 16.6. The summed E-state index contributed by atoms with van der Waals surface area (Å²) < 4.78 is 4.97. The molecule has 0 aliphatic heterocycles. The molecule has 0 heterocycles. The summed E-state index contributed by atoms with van der Waals surface area (Å²) in [6.07, 6.45) is -0.477. The van der Waals surface area contributed by atoms with Crippen molar-refractivity contribution in [1.29, 1.82) is 0 Å². The van der Waals surface area contributed by atoms with E-state index in [1.54, 1.807) is 32.9 Å². The lowest BCUT2D eigenvalue weighted by Crippen LogP contribution is -2.51. The number of benzene rings is 1. The van der Waals surface area contributed by atoms with E-state index in [2.05, 4.69) is 10.9 Å². The zero-order valence-electron chi connectivity index (χ0n) is 12.3. The van der Waals surface area contributed by atoms with Crippen molar-refractivity contribution in [3.05, 3.63) is 29.8 Å². The molecule has 116 valence electrons. The van der Waals surface area contributed by atoms with Crippen LogP contribution in [0.1, 0.15) is 26.3 Å². The second-order valence-electron chi connectivity index (χ2n) is 5.59. The van der Waals surface area contributed by atoms with Gasteiger partial charge in [0.1, 0.15) is 11.4 Å². The molecule has 1 aromatic carbocycles. The van der Waals surface area contributed by atoms with Crippen molar-refractivity contribution in [3.63, 3.8) is 0 Å². The molecule has 2 amide bonds. The molecule has 0 saturated carbocycles. The van der Waals surface area contributed by atoms with Gasteiger partial charge >= 0.3 is 6.09 Å². The maximum absolute atomic E-state index is 11.7. The van der Waals surface area contributed by atoms with Gasteiger partial charge in [-0.25, -0.2) is 10.2 Å². The molecule has 0 fully saturated rings. The Kier molecular flexibility index (Phi) is 5.54. The summed E-state index contributed by atoms with van der Waals surface area (Å²) in [4.78, 5) is 23.1. The van der Waals surface area contributed by atoms with Gasteiger partial charge in [0, 0.05) is 0 Å². The van der Waals surface area contributed by atoms with Crippen molar-refractivity contribution in [2.45, 2.75) is 38.8 Å². The fraction of sp³-hybridized carbons (Fsp3) is 0.429. The fourth-order valence-corrected chi connectivity index (χ4v) is 1.49. The van der Waals surface area contributed by atoms with E-state index in [1.165, 1.54) is 12.1 Å². The van der Waals surface area contributed by atoms with E-state index in [0.717, 1.165) is 5.56 Å². The third-order valence-corrected chi connectivity index (χ3v) is 2.42. The first kappa shape index (κ1) is 16.8. The van der Waals surface area contributed by atoms with Crippen LogP contribution in [0, 0.1) is 0 Å². The zero-order chi connectivity index (χ0) is 16.0. The maximum Gasteiger partial charge on any atom is 0.426 e. The van der Waals surface area contributed by atoms with Crippen LogP contribution in [0.3, 0.4) is 0 Å². The molecule has 0 bridgehead atoms. The Morgan fingerprint density at radius 3 is 2.33 bits per heavy atom. The third kappa shape index (κ3) is 6.62. The van der Waals surface area contributed by atoms with Gasteiger partial charge in [-0.2, -0.15) is 0 Å². The molecule has 1 atom stereocenters. The lowest BCUT2D eigenvalue weighted by Gasteiger charge is -2.20. The van der Waals surface area contributed by atoms with Crippen molar-refractivity contribution in [1.82, 2.24) is 10.9 Å². The highest BCUT2D eigenvalue weighted by molar-refractivity contribution is 5.83. The van der Waals surface area contributed by atoms with Crippen LogP contribution in [-0.2, 0) is 16.0 Å². The summed E-state index contributed by atoms with van der Waals surface area (Å²) in [6.45, 7) is 5.14. The lowest BCUT2D eigenvalue weighted by atomic mass is 10.1. The zero-order valence-corrected chi connectivity index (χ0v) is 12.3. The van der Waals surface area contributed by atoms with Crippen LogP contribution in [0.25, 0.3) is 0 Å². The number of nitrogens with two attached hydrogens (primary N) is 1. The van der Waals surface area contributed by atoms with Gasteiger partial charge in [0.25, 0.3) is 5.91 Å². The lowest BCUT2D eigenvalue weighted by molar-refractivity contribution is -0.123. The minimum atomic E-state index is -0.829. The number of phenolic OH excluding ortho intramolecular Hbond substituents is 1. The number of ether oxygens (including phenoxy) is 1. The fourth-order valence-electron chi connectivity index (χ4n) is 1.49. The molecule has 0 radical (unpaired) electrons. The van der Waals surface area contributed by atoms with Crippen LogP contribution in [0.2, 0.25) is 0 Å². The van der Waals surface area contributed by atoms with Gasteiger partial charge < -0.3 is 15.6 Å². The molecule has 21 heavy (non-hydrogen) atoms. The highest BCUT2D eigenvalue weighted by Crippen LogP contribution is 2.10. The van der Waals surface area contributed by atoms with Crippen molar-refractivity contribution in [3.8, 4) is 5.75 Å². The molecule has 5 N–H and O–H groups in total. The summed E-state index contributed by atoms with van der Waals surface area (Å²) in [7, 11) is 0. The van der Waals surface area contributed by atoms with Gasteiger partial charge in [0.2, 0.25) is 0 Å². The Balaban J connectivity index is 2.41. The van der Waals surface area contributed by atoms with E-state index in [4.69, 9.17) is 15.6 Å². The number of aromatic hydroxyl groups is 1. The number of hydrazine groups is 1. The molecule has 0 aromatic heterocycles. The Morgan fingerprint density at radius 2 is 1.81 bits per heavy atom. The quantitative estimate of drug-likeness (QED) is 0.616. The minimum Gasteiger partial charge on any atom is -0.508 e. The van der Waals surface area contributed by atoms with E-state index in [0.29, 0.717) is 0 Å². The molecule has 1 rings (SSSR count). The van der Waals surface area contributed by atoms with Gasteiger partial charge in [-0.05, 0) is 44.9 Å². The van der Waals surface area contributed by atoms with Crippen LogP contribution in [0.5, 0.6) is 5.75 Å². The van der Waals surface area contributed by atoms with E-state index in [9.17, 15) is 9.59 Å². The van der Waals surface area contributed by atoms with Crippen molar-refractivity contribution in [2.24, 2.45) is 5.73 Å². The molecule has 1 aromatic rings. The standard InChI is InChI=1S/C14H21N3O4/c1-14(2,3)21-13(20)17-16-12(19)11(15)8-9-4-6-10(18)7-5-9/h4-7,11,18H,8,15H2,1-3H3,(H,16,19)(H,17,20)/t11-/m0/s1. The minimum absolute atomic E-state index is 0.142. The van der Waals surface area contributed by atoms with Gasteiger partial charge in [0.15, 0.2) is 0 Å². The van der Waals surface area contributed by atoms with E-state index >= 15 is 0 Å². The Morgan fingerprint density at radius 1 is 1.24 bits per heavy atom. The second kappa shape index (κ2) is 6.94. The first-order chi connectivity index (χ1) is 9.67. The molecule has 0 unspecified atom stereocenters. The van der Waals surface area contributed by atoms with Gasteiger partial charge in [-0.3, -0.25) is 10.2 Å². The Bertz CT molecular complexity index is 494. The van der Waals surface area contributed by atoms with E-state index in [-0.39, 0.29) is 12.2 Å². The normalized spacial score (nSPS) is 12.4. The van der Waals surface area contributed by atoms with Crippen molar-refractivity contribution in [2.75, 3.05) is 0 Å². The summed E-state index contributed by atoms with van der Waals surface area (Å²) in [5.41, 5.74) is 10.2. The maximum atomic E-state index is 11.7. The molecule has 0 saturated heterocycles. The number of carbonyl (C=O) groups excluding carboxylic acids is 2. The highest BCUT2D eigenvalue weighted by Gasteiger charge is 2.18. The Hall–Kier alpha value is -2.28. The number of nitrogens with one attached hydrogen (secondary N) is 2. The molecule has 0 aliphatic rings. The van der Waals surface area contributed by atoms with E-state index < -0.39 is 23.6 Å². The van der Waals surface area contributed by atoms with Crippen LogP contribution in [0.4, 0.5) is 4.79 Å². The molecular formula is C14H21N3O4. The van der Waals surface area contributed by atoms with Crippen molar-refractivity contribution >= 4 is 12.0 Å². The van der Waals surface area contributed by atoms with Gasteiger partial charge in [0.05, 0.1) is 6.04 Å². The SMILES string of the molecule is CC(C)(C)OC(=O)NNC(=O)[C@@H](N)Cc1ccc(O)cc1. The number of phenols is 1.